The van der Waals surface area contributed by atoms with E-state index in [1.807, 2.05) is 0 Å². The number of aromatic amines is 1. The van der Waals surface area contributed by atoms with Gasteiger partial charge in [-0.15, -0.1) is 0 Å². The number of ether oxygens (including phenoxy) is 2. The fraction of sp³-hybridized carbons (Fsp3) is 0.600. The Morgan fingerprint density at radius 3 is 2.95 bits per heavy atom. The highest BCUT2D eigenvalue weighted by Crippen LogP contribution is 2.29. The van der Waals surface area contributed by atoms with Crippen molar-refractivity contribution in [3.63, 3.8) is 0 Å². The fourth-order valence-corrected chi connectivity index (χ4v) is 2.20. The molecule has 0 radical (unpaired) electrons. The van der Waals surface area contributed by atoms with E-state index in [2.05, 4.69) is 20.6 Å². The summed E-state index contributed by atoms with van der Waals surface area (Å²) in [4.78, 5) is 18.3. The number of aliphatic hydroxyl groups is 2. The normalized spacial score (nSPS) is 32.6. The molecule has 1 aromatic rings. The van der Waals surface area contributed by atoms with E-state index < -0.39 is 30.0 Å². The van der Waals surface area contributed by atoms with Crippen LogP contribution in [0.4, 0.5) is 11.5 Å². The van der Waals surface area contributed by atoms with Crippen LogP contribution in [0.1, 0.15) is 0 Å². The first kappa shape index (κ1) is 12.2. The van der Waals surface area contributed by atoms with Gasteiger partial charge in [-0.2, -0.15) is 4.98 Å². The highest BCUT2D eigenvalue weighted by atomic mass is 16.5. The first-order valence-corrected chi connectivity index (χ1v) is 5.79. The number of fused-ring (bicyclic) bond motifs is 2. The van der Waals surface area contributed by atoms with Crippen molar-refractivity contribution in [3.8, 4) is 6.01 Å². The highest BCUT2D eigenvalue weighted by Gasteiger charge is 2.42. The first-order chi connectivity index (χ1) is 9.10. The molecule has 4 atom stereocenters. The third kappa shape index (κ3) is 1.91. The number of hydrogen-bond donors (Lipinski definition) is 5. The van der Waals surface area contributed by atoms with Gasteiger partial charge < -0.3 is 30.3 Å². The predicted octanol–water partition coefficient (Wildman–Crippen LogP) is -1.94. The largest absolute Gasteiger partial charge is 0.468 e. The Balaban J connectivity index is 1.98. The average Bonchev–Trinajstić information content (AvgIpc) is 2.41. The van der Waals surface area contributed by atoms with Gasteiger partial charge in [0, 0.05) is 0 Å². The molecule has 2 aliphatic heterocycles. The van der Waals surface area contributed by atoms with E-state index >= 15 is 0 Å². The molecule has 0 aromatic carbocycles. The maximum absolute atomic E-state index is 11.8. The van der Waals surface area contributed by atoms with Crippen LogP contribution >= 0.6 is 0 Å². The topological polar surface area (TPSA) is 129 Å². The molecule has 0 aliphatic carbocycles. The molecule has 9 heteroatoms. The molecular weight excluding hydrogens is 256 g/mol. The fourth-order valence-electron chi connectivity index (χ4n) is 2.20. The molecule has 5 N–H and O–H groups in total. The SMILES string of the molecule is COc1nc2c(c(=O)[nH]1)NC1C(N2)OCC(O)C1O. The average molecular weight is 270 g/mol. The van der Waals surface area contributed by atoms with Gasteiger partial charge in [0.2, 0.25) is 0 Å². The monoisotopic (exact) mass is 270 g/mol. The van der Waals surface area contributed by atoms with Crippen LogP contribution in [0.3, 0.4) is 0 Å². The van der Waals surface area contributed by atoms with E-state index in [-0.39, 0.29) is 24.1 Å². The number of H-pyrrole nitrogens is 1. The molecule has 1 saturated heterocycles. The lowest BCUT2D eigenvalue weighted by Gasteiger charge is -2.42. The third-order valence-corrected chi connectivity index (χ3v) is 3.22. The number of hydrogen-bond acceptors (Lipinski definition) is 8. The number of aliphatic hydroxyl groups excluding tert-OH is 2. The molecule has 104 valence electrons. The van der Waals surface area contributed by atoms with Crippen molar-refractivity contribution in [2.45, 2.75) is 24.5 Å². The van der Waals surface area contributed by atoms with Crippen molar-refractivity contribution in [3.05, 3.63) is 10.4 Å². The van der Waals surface area contributed by atoms with Crippen molar-refractivity contribution < 1.29 is 19.7 Å². The summed E-state index contributed by atoms with van der Waals surface area (Å²) in [5.74, 6) is 0.283. The molecule has 0 spiro atoms. The molecule has 4 unspecified atom stereocenters. The van der Waals surface area contributed by atoms with Gasteiger partial charge in [-0.05, 0) is 0 Å². The number of nitrogens with one attached hydrogen (secondary N) is 3. The van der Waals surface area contributed by atoms with Crippen molar-refractivity contribution in [1.29, 1.82) is 0 Å². The molecule has 3 heterocycles. The van der Waals surface area contributed by atoms with Crippen LogP contribution in [0.2, 0.25) is 0 Å². The van der Waals surface area contributed by atoms with E-state index in [9.17, 15) is 15.0 Å². The number of rotatable bonds is 1. The van der Waals surface area contributed by atoms with Crippen molar-refractivity contribution in [1.82, 2.24) is 9.97 Å². The highest BCUT2D eigenvalue weighted by molar-refractivity contribution is 5.67. The van der Waals surface area contributed by atoms with Gasteiger partial charge in [0.15, 0.2) is 12.0 Å². The first-order valence-electron chi connectivity index (χ1n) is 5.79. The number of anilines is 2. The smallest absolute Gasteiger partial charge is 0.298 e. The Bertz CT molecular complexity index is 547. The molecular formula is C10H14N4O5. The summed E-state index contributed by atoms with van der Waals surface area (Å²) >= 11 is 0. The molecule has 0 bridgehead atoms. The Hall–Kier alpha value is -1.84. The van der Waals surface area contributed by atoms with Crippen molar-refractivity contribution in [2.24, 2.45) is 0 Å². The second-order valence-corrected chi connectivity index (χ2v) is 4.43. The standard InChI is InChI=1S/C10H14N4O5/c1-18-10-13-7-5(8(17)14-10)11-4-6(16)3(15)2-19-9(4)12-7/h3-4,6,9,11,15-16H,2H2,1H3,(H2,12,13,14,17). The second kappa shape index (κ2) is 4.37. The number of aromatic nitrogens is 2. The van der Waals surface area contributed by atoms with E-state index in [0.717, 1.165) is 0 Å². The van der Waals surface area contributed by atoms with Crippen LogP contribution in [0.5, 0.6) is 6.01 Å². The van der Waals surface area contributed by atoms with Gasteiger partial charge in [-0.25, -0.2) is 0 Å². The van der Waals surface area contributed by atoms with Gasteiger partial charge in [-0.3, -0.25) is 9.78 Å². The summed E-state index contributed by atoms with van der Waals surface area (Å²) in [6, 6.07) is -0.555. The maximum Gasteiger partial charge on any atom is 0.298 e. The zero-order valence-electron chi connectivity index (χ0n) is 10.1. The molecule has 1 aromatic heterocycles. The Morgan fingerprint density at radius 2 is 2.21 bits per heavy atom. The zero-order chi connectivity index (χ0) is 13.6. The summed E-state index contributed by atoms with van der Waals surface area (Å²) in [7, 11) is 1.39. The summed E-state index contributed by atoms with van der Waals surface area (Å²) < 4.78 is 10.2. The van der Waals surface area contributed by atoms with E-state index in [4.69, 9.17) is 9.47 Å². The van der Waals surface area contributed by atoms with Gasteiger partial charge in [0.25, 0.3) is 11.6 Å². The molecule has 19 heavy (non-hydrogen) atoms. The zero-order valence-corrected chi connectivity index (χ0v) is 10.1. The van der Waals surface area contributed by atoms with E-state index in [0.29, 0.717) is 0 Å². The van der Waals surface area contributed by atoms with Crippen molar-refractivity contribution >= 4 is 11.5 Å². The Morgan fingerprint density at radius 1 is 1.42 bits per heavy atom. The summed E-state index contributed by atoms with van der Waals surface area (Å²) in [5.41, 5.74) is -0.251. The number of methoxy groups -OCH3 is 1. The Kier molecular flexibility index (Phi) is 2.81. The molecule has 1 fully saturated rings. The minimum Gasteiger partial charge on any atom is -0.468 e. The second-order valence-electron chi connectivity index (χ2n) is 4.43. The predicted molar refractivity (Wildman–Crippen MR) is 64.2 cm³/mol. The van der Waals surface area contributed by atoms with E-state index in [1.165, 1.54) is 7.11 Å². The summed E-state index contributed by atoms with van der Waals surface area (Å²) in [6.45, 7) is 0.00662. The summed E-state index contributed by atoms with van der Waals surface area (Å²) in [5, 5.41) is 25.2. The summed E-state index contributed by atoms with van der Waals surface area (Å²) in [6.07, 6.45) is -2.62. The van der Waals surface area contributed by atoms with Crippen molar-refractivity contribution in [2.75, 3.05) is 24.4 Å². The quantitative estimate of drug-likeness (QED) is 0.399. The minimum atomic E-state index is -1.04. The Labute approximate surface area is 107 Å². The lowest BCUT2D eigenvalue weighted by molar-refractivity contribution is -0.121. The van der Waals surface area contributed by atoms with Gasteiger partial charge in [0.1, 0.15) is 17.9 Å². The van der Waals surface area contributed by atoms with E-state index in [1.54, 1.807) is 0 Å². The van der Waals surface area contributed by atoms with Gasteiger partial charge >= 0.3 is 0 Å². The number of nitrogens with zero attached hydrogens (tertiary/aromatic N) is 1. The van der Waals surface area contributed by atoms with Crippen LogP contribution in [0, 0.1) is 0 Å². The van der Waals surface area contributed by atoms with Gasteiger partial charge in [-0.1, -0.05) is 0 Å². The molecule has 9 nitrogen and oxygen atoms in total. The van der Waals surface area contributed by atoms with Crippen LogP contribution in [0.15, 0.2) is 4.79 Å². The lowest BCUT2D eigenvalue weighted by Crippen LogP contribution is -2.61. The van der Waals surface area contributed by atoms with Crippen LogP contribution < -0.4 is 20.9 Å². The maximum atomic E-state index is 11.8. The van der Waals surface area contributed by atoms with Gasteiger partial charge in [0.05, 0.1) is 19.8 Å². The van der Waals surface area contributed by atoms with Crippen LogP contribution in [-0.4, -0.2) is 58.4 Å². The molecule has 0 amide bonds. The van der Waals surface area contributed by atoms with Crippen LogP contribution in [0.25, 0.3) is 0 Å². The lowest BCUT2D eigenvalue weighted by atomic mass is 9.99. The minimum absolute atomic E-state index is 0.00662. The molecule has 3 rings (SSSR count). The van der Waals surface area contributed by atoms with Crippen LogP contribution in [-0.2, 0) is 4.74 Å². The third-order valence-electron chi connectivity index (χ3n) is 3.22. The molecule has 2 aliphatic rings. The molecule has 0 saturated carbocycles.